The van der Waals surface area contributed by atoms with Crippen molar-refractivity contribution in [1.29, 1.82) is 0 Å². The van der Waals surface area contributed by atoms with Crippen LogP contribution in [0.15, 0.2) is 54.9 Å². The quantitative estimate of drug-likeness (QED) is 0.800. The number of anilines is 1. The number of pyridine rings is 2. The third-order valence-electron chi connectivity index (χ3n) is 3.08. The molecule has 21 heavy (non-hydrogen) atoms. The van der Waals surface area contributed by atoms with Crippen LogP contribution in [0.1, 0.15) is 10.5 Å². The Morgan fingerprint density at radius 1 is 1.14 bits per heavy atom. The van der Waals surface area contributed by atoms with E-state index in [1.54, 1.807) is 25.4 Å². The van der Waals surface area contributed by atoms with Crippen molar-refractivity contribution in [3.63, 3.8) is 0 Å². The van der Waals surface area contributed by atoms with Gasteiger partial charge in [0.1, 0.15) is 17.1 Å². The van der Waals surface area contributed by atoms with E-state index in [0.29, 0.717) is 17.1 Å². The standard InChI is InChI=1S/C16H13N3O2/c1-21-15-8-9-17-10-14(15)19-16(20)13-7-6-11-4-2-3-5-12(11)18-13/h2-10H,1H3,(H,19,20). The zero-order chi connectivity index (χ0) is 14.7. The van der Waals surface area contributed by atoms with Crippen LogP contribution in [0.3, 0.4) is 0 Å². The van der Waals surface area contributed by atoms with E-state index in [2.05, 4.69) is 15.3 Å². The van der Waals surface area contributed by atoms with Crippen molar-refractivity contribution in [2.45, 2.75) is 0 Å². The number of rotatable bonds is 3. The molecule has 3 aromatic rings. The van der Waals surface area contributed by atoms with Crippen molar-refractivity contribution in [2.75, 3.05) is 12.4 Å². The van der Waals surface area contributed by atoms with Gasteiger partial charge in [-0.25, -0.2) is 4.98 Å². The lowest BCUT2D eigenvalue weighted by Gasteiger charge is -2.09. The third-order valence-corrected chi connectivity index (χ3v) is 3.08. The molecule has 0 fully saturated rings. The number of hydrogen-bond donors (Lipinski definition) is 1. The molecule has 0 atom stereocenters. The van der Waals surface area contributed by atoms with Crippen molar-refractivity contribution in [3.8, 4) is 5.75 Å². The summed E-state index contributed by atoms with van der Waals surface area (Å²) in [6.45, 7) is 0. The van der Waals surface area contributed by atoms with Gasteiger partial charge in [0.25, 0.3) is 5.91 Å². The molecule has 0 aliphatic rings. The monoisotopic (exact) mass is 279 g/mol. The van der Waals surface area contributed by atoms with Crippen LogP contribution in [0, 0.1) is 0 Å². The van der Waals surface area contributed by atoms with Crippen molar-refractivity contribution < 1.29 is 9.53 Å². The number of nitrogens with one attached hydrogen (secondary N) is 1. The topological polar surface area (TPSA) is 64.1 Å². The Labute approximate surface area is 121 Å². The van der Waals surface area contributed by atoms with Crippen molar-refractivity contribution in [3.05, 3.63) is 60.6 Å². The van der Waals surface area contributed by atoms with Gasteiger partial charge in [0.2, 0.25) is 0 Å². The maximum atomic E-state index is 12.3. The van der Waals surface area contributed by atoms with Gasteiger partial charge in [-0.3, -0.25) is 9.78 Å². The first-order valence-electron chi connectivity index (χ1n) is 6.43. The summed E-state index contributed by atoms with van der Waals surface area (Å²) in [4.78, 5) is 20.6. The highest BCUT2D eigenvalue weighted by atomic mass is 16.5. The number of nitrogens with zero attached hydrogens (tertiary/aromatic N) is 2. The molecule has 5 heteroatoms. The van der Waals surface area contributed by atoms with Crippen LogP contribution in [0.4, 0.5) is 5.69 Å². The maximum Gasteiger partial charge on any atom is 0.274 e. The van der Waals surface area contributed by atoms with Crippen LogP contribution in [0.25, 0.3) is 10.9 Å². The lowest BCUT2D eigenvalue weighted by molar-refractivity contribution is 0.102. The van der Waals surface area contributed by atoms with Crippen LogP contribution in [0.5, 0.6) is 5.75 Å². The molecule has 0 radical (unpaired) electrons. The molecule has 2 heterocycles. The number of fused-ring (bicyclic) bond motifs is 1. The predicted octanol–water partition coefficient (Wildman–Crippen LogP) is 2.89. The number of para-hydroxylation sites is 1. The van der Waals surface area contributed by atoms with E-state index in [9.17, 15) is 4.79 Å². The van der Waals surface area contributed by atoms with E-state index in [1.165, 1.54) is 6.20 Å². The smallest absolute Gasteiger partial charge is 0.274 e. The molecule has 3 rings (SSSR count). The summed E-state index contributed by atoms with van der Waals surface area (Å²) in [7, 11) is 1.54. The van der Waals surface area contributed by atoms with Crippen LogP contribution in [-0.4, -0.2) is 23.0 Å². The zero-order valence-corrected chi connectivity index (χ0v) is 11.4. The molecule has 2 aromatic heterocycles. The van der Waals surface area contributed by atoms with Gasteiger partial charge in [0, 0.05) is 17.6 Å². The first kappa shape index (κ1) is 13.1. The molecule has 104 valence electrons. The Morgan fingerprint density at radius 2 is 2.00 bits per heavy atom. The number of carbonyl (C=O) groups excluding carboxylic acids is 1. The van der Waals surface area contributed by atoms with Crippen LogP contribution >= 0.6 is 0 Å². The van der Waals surface area contributed by atoms with Gasteiger partial charge in [-0.15, -0.1) is 0 Å². The molecule has 0 spiro atoms. The molecule has 1 N–H and O–H groups in total. The number of ether oxygens (including phenoxy) is 1. The largest absolute Gasteiger partial charge is 0.494 e. The van der Waals surface area contributed by atoms with Gasteiger partial charge in [-0.05, 0) is 12.1 Å². The van der Waals surface area contributed by atoms with Crippen LogP contribution < -0.4 is 10.1 Å². The van der Waals surface area contributed by atoms with E-state index < -0.39 is 0 Å². The summed E-state index contributed by atoms with van der Waals surface area (Å²) in [5.41, 5.74) is 1.64. The van der Waals surface area contributed by atoms with Gasteiger partial charge in [0.05, 0.1) is 18.8 Å². The fourth-order valence-corrected chi connectivity index (χ4v) is 2.03. The van der Waals surface area contributed by atoms with E-state index in [-0.39, 0.29) is 5.91 Å². The highest BCUT2D eigenvalue weighted by Crippen LogP contribution is 2.22. The molecule has 0 bridgehead atoms. The number of methoxy groups -OCH3 is 1. The van der Waals surface area contributed by atoms with Gasteiger partial charge in [-0.2, -0.15) is 0 Å². The molecular formula is C16H13N3O2. The molecule has 0 aliphatic heterocycles. The normalized spacial score (nSPS) is 10.3. The van der Waals surface area contributed by atoms with Crippen molar-refractivity contribution in [2.24, 2.45) is 0 Å². The second kappa shape index (κ2) is 5.58. The molecule has 1 amide bonds. The predicted molar refractivity (Wildman–Crippen MR) is 80.5 cm³/mol. The number of aromatic nitrogens is 2. The Kier molecular flexibility index (Phi) is 3.47. The molecule has 0 aliphatic carbocycles. The number of carbonyl (C=O) groups is 1. The summed E-state index contributed by atoms with van der Waals surface area (Å²) in [6.07, 6.45) is 3.14. The molecular weight excluding hydrogens is 266 g/mol. The van der Waals surface area contributed by atoms with E-state index in [4.69, 9.17) is 4.74 Å². The van der Waals surface area contributed by atoms with E-state index in [1.807, 2.05) is 30.3 Å². The van der Waals surface area contributed by atoms with Crippen molar-refractivity contribution >= 4 is 22.5 Å². The number of amides is 1. The molecule has 0 saturated heterocycles. The van der Waals surface area contributed by atoms with Crippen LogP contribution in [0.2, 0.25) is 0 Å². The highest BCUT2D eigenvalue weighted by molar-refractivity contribution is 6.04. The Hall–Kier alpha value is -2.95. The minimum absolute atomic E-state index is 0.299. The first-order valence-corrected chi connectivity index (χ1v) is 6.43. The van der Waals surface area contributed by atoms with Crippen molar-refractivity contribution in [1.82, 2.24) is 9.97 Å². The zero-order valence-electron chi connectivity index (χ0n) is 11.4. The Morgan fingerprint density at radius 3 is 2.86 bits per heavy atom. The second-order valence-corrected chi connectivity index (χ2v) is 4.42. The van der Waals surface area contributed by atoms with Crippen LogP contribution in [-0.2, 0) is 0 Å². The fourth-order valence-electron chi connectivity index (χ4n) is 2.03. The SMILES string of the molecule is COc1ccncc1NC(=O)c1ccc2ccccc2n1. The second-order valence-electron chi connectivity index (χ2n) is 4.42. The third kappa shape index (κ3) is 2.67. The molecule has 0 unspecified atom stereocenters. The average molecular weight is 279 g/mol. The summed E-state index contributed by atoms with van der Waals surface area (Å²) in [5.74, 6) is 0.256. The van der Waals surface area contributed by atoms with Gasteiger partial charge in [0.15, 0.2) is 0 Å². The van der Waals surface area contributed by atoms with E-state index in [0.717, 1.165) is 10.9 Å². The lowest BCUT2D eigenvalue weighted by Crippen LogP contribution is -2.14. The average Bonchev–Trinajstić information content (AvgIpc) is 2.55. The lowest BCUT2D eigenvalue weighted by atomic mass is 10.2. The molecule has 1 aromatic carbocycles. The molecule has 5 nitrogen and oxygen atoms in total. The summed E-state index contributed by atoms with van der Waals surface area (Å²) < 4.78 is 5.18. The summed E-state index contributed by atoms with van der Waals surface area (Å²) in [6, 6.07) is 12.9. The fraction of sp³-hybridized carbons (Fsp3) is 0.0625. The minimum Gasteiger partial charge on any atom is -0.494 e. The first-order chi connectivity index (χ1) is 10.3. The molecule has 0 saturated carbocycles. The maximum absolute atomic E-state index is 12.3. The summed E-state index contributed by atoms with van der Waals surface area (Å²) in [5, 5.41) is 3.75. The highest BCUT2D eigenvalue weighted by Gasteiger charge is 2.11. The number of benzene rings is 1. The Balaban J connectivity index is 1.90. The van der Waals surface area contributed by atoms with Gasteiger partial charge >= 0.3 is 0 Å². The minimum atomic E-state index is -0.299. The Bertz CT molecular complexity index is 802. The van der Waals surface area contributed by atoms with E-state index >= 15 is 0 Å². The van der Waals surface area contributed by atoms with Gasteiger partial charge < -0.3 is 10.1 Å². The van der Waals surface area contributed by atoms with Gasteiger partial charge in [-0.1, -0.05) is 24.3 Å². The summed E-state index contributed by atoms with van der Waals surface area (Å²) >= 11 is 0. The number of hydrogen-bond acceptors (Lipinski definition) is 4.